The minimum atomic E-state index is -4.62. The van der Waals surface area contributed by atoms with E-state index in [2.05, 4.69) is 38.2 Å². The summed E-state index contributed by atoms with van der Waals surface area (Å²) in [5, 5.41) is 0. The first-order chi connectivity index (χ1) is 24.5. The number of phosphoric ester groups is 1. The highest BCUT2D eigenvalue weighted by molar-refractivity contribution is 7.45. The van der Waals surface area contributed by atoms with Crippen molar-refractivity contribution in [2.45, 2.75) is 180 Å². The summed E-state index contributed by atoms with van der Waals surface area (Å²) < 4.78 is 33.8. The highest BCUT2D eigenvalue weighted by Gasteiger charge is 2.21. The number of likely N-dealkylation sites (N-methyl/N-ethyl adjacent to an activating group) is 1. The molecule has 0 N–H and O–H groups in total. The van der Waals surface area contributed by atoms with E-state index in [-0.39, 0.29) is 32.0 Å². The maximum Gasteiger partial charge on any atom is 0.306 e. The number of hydrogen-bond acceptors (Lipinski definition) is 8. The fraction of sp³-hybridized carbons (Fsp3) is 0.854. The van der Waals surface area contributed by atoms with E-state index >= 15 is 0 Å². The van der Waals surface area contributed by atoms with Gasteiger partial charge in [0.25, 0.3) is 7.82 Å². The Kier molecular flexibility index (Phi) is 33.3. The Hall–Kier alpha value is -1.51. The van der Waals surface area contributed by atoms with Crippen molar-refractivity contribution in [2.24, 2.45) is 0 Å². The zero-order valence-corrected chi connectivity index (χ0v) is 34.4. The Bertz CT molecular complexity index is 933. The molecule has 0 aromatic rings. The minimum Gasteiger partial charge on any atom is -0.756 e. The van der Waals surface area contributed by atoms with Crippen molar-refractivity contribution in [1.82, 2.24) is 0 Å². The first kappa shape index (κ1) is 49.5. The molecule has 0 heterocycles. The molecule has 0 aromatic heterocycles. The van der Waals surface area contributed by atoms with Gasteiger partial charge in [-0.15, -0.1) is 0 Å². The molecule has 0 bridgehead atoms. The Morgan fingerprint density at radius 2 is 1.06 bits per heavy atom. The number of carbonyl (C=O) groups is 2. The lowest BCUT2D eigenvalue weighted by atomic mass is 10.1. The van der Waals surface area contributed by atoms with Gasteiger partial charge in [0, 0.05) is 12.8 Å². The van der Waals surface area contributed by atoms with Crippen molar-refractivity contribution in [2.75, 3.05) is 47.5 Å². The van der Waals surface area contributed by atoms with Crippen LogP contribution < -0.4 is 4.89 Å². The summed E-state index contributed by atoms with van der Waals surface area (Å²) in [6.07, 6.45) is 34.8. The van der Waals surface area contributed by atoms with E-state index in [1.165, 1.54) is 89.9 Å². The van der Waals surface area contributed by atoms with Gasteiger partial charge in [0.05, 0.1) is 27.7 Å². The molecule has 0 saturated heterocycles. The predicted octanol–water partition coefficient (Wildman–Crippen LogP) is 10.6. The van der Waals surface area contributed by atoms with Gasteiger partial charge in [-0.2, -0.15) is 0 Å². The first-order valence-corrected chi connectivity index (χ1v) is 22.0. The molecule has 1 unspecified atom stereocenters. The Morgan fingerprint density at radius 3 is 1.59 bits per heavy atom. The highest BCUT2D eigenvalue weighted by Crippen LogP contribution is 2.38. The van der Waals surface area contributed by atoms with E-state index in [0.717, 1.165) is 51.4 Å². The van der Waals surface area contributed by atoms with E-state index in [1.807, 2.05) is 21.1 Å². The van der Waals surface area contributed by atoms with E-state index < -0.39 is 26.5 Å². The van der Waals surface area contributed by atoms with Gasteiger partial charge in [-0.3, -0.25) is 14.2 Å². The highest BCUT2D eigenvalue weighted by atomic mass is 31.2. The molecule has 0 saturated carbocycles. The lowest BCUT2D eigenvalue weighted by Gasteiger charge is -2.28. The number of esters is 2. The third kappa shape index (κ3) is 38.0. The van der Waals surface area contributed by atoms with Crippen LogP contribution >= 0.6 is 7.82 Å². The molecule has 0 fully saturated rings. The SMILES string of the molecule is CCCCC/C=C\C/C=C\CCCCCCCCCC(=O)O[C@H](COC(=O)CCCCCCCCCCCC)COP(=O)([O-])OCC[N+](C)(C)C. The van der Waals surface area contributed by atoms with Crippen LogP contribution in [0.1, 0.15) is 174 Å². The van der Waals surface area contributed by atoms with Gasteiger partial charge in [0.15, 0.2) is 6.10 Å². The van der Waals surface area contributed by atoms with Gasteiger partial charge in [-0.25, -0.2) is 0 Å². The molecule has 0 aliphatic rings. The van der Waals surface area contributed by atoms with Crippen LogP contribution in [-0.2, 0) is 32.7 Å². The van der Waals surface area contributed by atoms with Gasteiger partial charge in [-0.05, 0) is 44.9 Å². The number of quaternary nitrogens is 1. The second kappa shape index (κ2) is 34.3. The number of carbonyl (C=O) groups excluding carboxylic acids is 2. The number of ether oxygens (including phenoxy) is 2. The monoisotopic (exact) mass is 744 g/mol. The minimum absolute atomic E-state index is 0.0310. The van der Waals surface area contributed by atoms with Crippen molar-refractivity contribution in [1.29, 1.82) is 0 Å². The van der Waals surface area contributed by atoms with Crippen LogP contribution in [0, 0.1) is 0 Å². The molecule has 0 spiro atoms. The maximum atomic E-state index is 12.6. The topological polar surface area (TPSA) is 111 Å². The predicted molar refractivity (Wildman–Crippen MR) is 208 cm³/mol. The van der Waals surface area contributed by atoms with E-state index in [9.17, 15) is 19.0 Å². The summed E-state index contributed by atoms with van der Waals surface area (Å²) in [5.41, 5.74) is 0. The van der Waals surface area contributed by atoms with Crippen LogP contribution in [0.15, 0.2) is 24.3 Å². The van der Waals surface area contributed by atoms with Crippen molar-refractivity contribution in [3.63, 3.8) is 0 Å². The summed E-state index contributed by atoms with van der Waals surface area (Å²) >= 11 is 0. The summed E-state index contributed by atoms with van der Waals surface area (Å²) in [7, 11) is 1.16. The number of allylic oxidation sites excluding steroid dienone is 4. The molecule has 0 aromatic carbocycles. The molecular formula is C41H78NO8P. The average molecular weight is 744 g/mol. The fourth-order valence-corrected chi connectivity index (χ4v) is 6.18. The standard InChI is InChI=1S/C41H78NO8P/c1-6-8-10-12-14-16-18-19-20-21-22-23-24-26-28-30-32-34-41(44)50-39(38-49-51(45,46)48-36-35-42(3,4)5)37-47-40(43)33-31-29-27-25-17-15-13-11-9-7-2/h14,16,19-20,39H,6-13,15,17-18,21-38H2,1-5H3/b16-14-,20-19-/t39-/m1/s1. The molecule has 9 nitrogen and oxygen atoms in total. The quantitative estimate of drug-likeness (QED) is 0.0203. The van der Waals surface area contributed by atoms with Crippen molar-refractivity contribution in [3.05, 3.63) is 24.3 Å². The van der Waals surface area contributed by atoms with Gasteiger partial charge in [0.2, 0.25) is 0 Å². The zero-order chi connectivity index (χ0) is 37.9. The molecular weight excluding hydrogens is 665 g/mol. The fourth-order valence-electron chi connectivity index (χ4n) is 5.45. The average Bonchev–Trinajstić information content (AvgIpc) is 3.07. The van der Waals surface area contributed by atoms with Gasteiger partial charge >= 0.3 is 11.9 Å². The molecule has 10 heteroatoms. The molecule has 0 rings (SSSR count). The van der Waals surface area contributed by atoms with Crippen LogP contribution in [-0.4, -0.2) is 70.0 Å². The van der Waals surface area contributed by atoms with E-state index in [4.69, 9.17) is 18.5 Å². The van der Waals surface area contributed by atoms with Gasteiger partial charge < -0.3 is 27.9 Å². The molecule has 2 atom stereocenters. The lowest BCUT2D eigenvalue weighted by molar-refractivity contribution is -0.870. The summed E-state index contributed by atoms with van der Waals surface area (Å²) in [6.45, 7) is 4.17. The smallest absolute Gasteiger partial charge is 0.306 e. The van der Waals surface area contributed by atoms with Crippen LogP contribution in [0.2, 0.25) is 0 Å². The molecule has 0 amide bonds. The number of phosphoric acid groups is 1. The number of unbranched alkanes of at least 4 members (excludes halogenated alkanes) is 19. The molecule has 51 heavy (non-hydrogen) atoms. The van der Waals surface area contributed by atoms with Crippen LogP contribution in [0.3, 0.4) is 0 Å². The third-order valence-corrected chi connectivity index (χ3v) is 9.69. The number of rotatable bonds is 37. The third-order valence-electron chi connectivity index (χ3n) is 8.72. The van der Waals surface area contributed by atoms with Crippen molar-refractivity contribution >= 4 is 19.8 Å². The second-order valence-electron chi connectivity index (χ2n) is 15.0. The van der Waals surface area contributed by atoms with Crippen LogP contribution in [0.5, 0.6) is 0 Å². The summed E-state index contributed by atoms with van der Waals surface area (Å²) in [4.78, 5) is 37.4. The maximum absolute atomic E-state index is 12.6. The molecule has 0 radical (unpaired) electrons. The Morgan fingerprint density at radius 1 is 0.608 bits per heavy atom. The van der Waals surface area contributed by atoms with Crippen LogP contribution in [0.25, 0.3) is 0 Å². The van der Waals surface area contributed by atoms with Gasteiger partial charge in [0.1, 0.15) is 19.8 Å². The van der Waals surface area contributed by atoms with Crippen LogP contribution in [0.4, 0.5) is 0 Å². The summed E-state index contributed by atoms with van der Waals surface area (Å²) in [6, 6.07) is 0. The molecule has 300 valence electrons. The largest absolute Gasteiger partial charge is 0.756 e. The van der Waals surface area contributed by atoms with Gasteiger partial charge in [-0.1, -0.05) is 141 Å². The normalized spacial score (nSPS) is 13.9. The van der Waals surface area contributed by atoms with Crippen molar-refractivity contribution < 1.29 is 42.1 Å². The van der Waals surface area contributed by atoms with E-state index in [1.54, 1.807) is 0 Å². The second-order valence-corrected chi connectivity index (χ2v) is 16.4. The van der Waals surface area contributed by atoms with E-state index in [0.29, 0.717) is 17.4 Å². The Balaban J connectivity index is 4.38. The van der Waals surface area contributed by atoms with Crippen molar-refractivity contribution in [3.8, 4) is 0 Å². The zero-order valence-electron chi connectivity index (χ0n) is 33.6. The summed E-state index contributed by atoms with van der Waals surface area (Å²) in [5.74, 6) is -0.843. The number of hydrogen-bond donors (Lipinski definition) is 0. The lowest BCUT2D eigenvalue weighted by Crippen LogP contribution is -2.37. The Labute approximate surface area is 313 Å². The molecule has 0 aliphatic carbocycles. The molecule has 0 aliphatic heterocycles. The number of nitrogens with zero attached hydrogens (tertiary/aromatic N) is 1. The first-order valence-electron chi connectivity index (χ1n) is 20.5.